The zero-order valence-electron chi connectivity index (χ0n) is 17.8. The molecule has 3 rings (SSSR count). The van der Waals surface area contributed by atoms with Crippen molar-refractivity contribution in [2.24, 2.45) is 0 Å². The molecule has 2 aromatic carbocycles. The molecular formula is C24H26FNO5. The molecule has 0 aliphatic carbocycles. The van der Waals surface area contributed by atoms with Crippen molar-refractivity contribution in [1.29, 1.82) is 0 Å². The Balaban J connectivity index is 2.05. The van der Waals surface area contributed by atoms with Gasteiger partial charge in [0.1, 0.15) is 17.8 Å². The zero-order valence-corrected chi connectivity index (χ0v) is 17.8. The third kappa shape index (κ3) is 5.92. The van der Waals surface area contributed by atoms with Gasteiger partial charge in [-0.2, -0.15) is 0 Å². The van der Waals surface area contributed by atoms with E-state index in [0.29, 0.717) is 35.3 Å². The van der Waals surface area contributed by atoms with Crippen LogP contribution in [0.3, 0.4) is 0 Å². The molecule has 164 valence electrons. The Morgan fingerprint density at radius 2 is 2.03 bits per heavy atom. The molecule has 0 saturated heterocycles. The van der Waals surface area contributed by atoms with Gasteiger partial charge in [-0.05, 0) is 73.7 Å². The fraction of sp³-hybridized carbons (Fsp3) is 0.333. The highest BCUT2D eigenvalue weighted by Gasteiger charge is 2.24. The Hall–Kier alpha value is -3.19. The standard InChI is InChI=1S/C24H26FNO5/c1-24(2,29)7-6-15-4-5-21(30-3)19(10-15)16-11-17(13-18(25)12-16)20(14-22(27)28)23-26-8-9-31-23/h4-5,8-13,20,29H,6-7,14H2,1-3H3,(H,27,28). The van der Waals surface area contributed by atoms with Crippen LogP contribution in [0.2, 0.25) is 0 Å². The lowest BCUT2D eigenvalue weighted by Gasteiger charge is -2.18. The van der Waals surface area contributed by atoms with E-state index in [-0.39, 0.29) is 12.3 Å². The molecule has 0 radical (unpaired) electrons. The third-order valence-electron chi connectivity index (χ3n) is 5.05. The predicted molar refractivity (Wildman–Crippen MR) is 114 cm³/mol. The van der Waals surface area contributed by atoms with E-state index in [2.05, 4.69) is 4.98 Å². The predicted octanol–water partition coefficient (Wildman–Crippen LogP) is 4.80. The number of carboxylic acids is 1. The van der Waals surface area contributed by atoms with E-state index in [1.807, 2.05) is 18.2 Å². The lowest BCUT2D eigenvalue weighted by molar-refractivity contribution is -0.137. The maximum atomic E-state index is 14.6. The first-order valence-electron chi connectivity index (χ1n) is 9.97. The highest BCUT2D eigenvalue weighted by Crippen LogP contribution is 2.36. The first-order chi connectivity index (χ1) is 14.7. The summed E-state index contributed by atoms with van der Waals surface area (Å²) in [5, 5.41) is 19.4. The molecular weight excluding hydrogens is 401 g/mol. The summed E-state index contributed by atoms with van der Waals surface area (Å²) in [6.45, 7) is 3.50. The summed E-state index contributed by atoms with van der Waals surface area (Å²) in [5.41, 5.74) is 1.85. The van der Waals surface area contributed by atoms with Crippen molar-refractivity contribution in [2.45, 2.75) is 44.6 Å². The van der Waals surface area contributed by atoms with Gasteiger partial charge in [0.15, 0.2) is 0 Å². The molecule has 1 atom stereocenters. The molecule has 7 heteroatoms. The Morgan fingerprint density at radius 1 is 1.26 bits per heavy atom. The number of aryl methyl sites for hydroxylation is 1. The number of carbonyl (C=O) groups is 1. The molecule has 0 bridgehead atoms. The lowest BCUT2D eigenvalue weighted by atomic mass is 9.91. The van der Waals surface area contributed by atoms with Crippen LogP contribution in [0.25, 0.3) is 11.1 Å². The number of aliphatic carboxylic acids is 1. The van der Waals surface area contributed by atoms with E-state index in [9.17, 15) is 19.4 Å². The number of ether oxygens (including phenoxy) is 1. The smallest absolute Gasteiger partial charge is 0.304 e. The molecule has 0 amide bonds. The number of nitrogens with zero attached hydrogens (tertiary/aromatic N) is 1. The number of rotatable bonds is 9. The summed E-state index contributed by atoms with van der Waals surface area (Å²) in [6, 6.07) is 10.0. The van der Waals surface area contributed by atoms with Crippen LogP contribution in [0, 0.1) is 5.82 Å². The van der Waals surface area contributed by atoms with Gasteiger partial charge in [-0.3, -0.25) is 4.79 Å². The second kappa shape index (κ2) is 9.31. The van der Waals surface area contributed by atoms with Gasteiger partial charge in [-0.25, -0.2) is 9.37 Å². The Morgan fingerprint density at radius 3 is 2.65 bits per heavy atom. The Labute approximate surface area is 180 Å². The molecule has 31 heavy (non-hydrogen) atoms. The number of hydrogen-bond donors (Lipinski definition) is 2. The van der Waals surface area contributed by atoms with E-state index >= 15 is 0 Å². The topological polar surface area (TPSA) is 92.8 Å². The molecule has 0 saturated carbocycles. The van der Waals surface area contributed by atoms with Gasteiger partial charge in [0.2, 0.25) is 5.89 Å². The second-order valence-electron chi connectivity index (χ2n) is 8.14. The molecule has 1 heterocycles. The monoisotopic (exact) mass is 427 g/mol. The van der Waals surface area contributed by atoms with Crippen molar-refractivity contribution in [2.75, 3.05) is 7.11 Å². The van der Waals surface area contributed by atoms with E-state index in [1.54, 1.807) is 19.9 Å². The Kier molecular flexibility index (Phi) is 6.75. The quantitative estimate of drug-likeness (QED) is 0.510. The largest absolute Gasteiger partial charge is 0.496 e. The maximum Gasteiger partial charge on any atom is 0.304 e. The molecule has 6 nitrogen and oxygen atoms in total. The van der Waals surface area contributed by atoms with Crippen molar-refractivity contribution in [3.05, 3.63) is 71.7 Å². The average molecular weight is 427 g/mol. The van der Waals surface area contributed by atoms with Crippen molar-refractivity contribution >= 4 is 5.97 Å². The van der Waals surface area contributed by atoms with Crippen LogP contribution in [-0.2, 0) is 11.2 Å². The van der Waals surface area contributed by atoms with Crippen LogP contribution in [0.1, 0.15) is 49.6 Å². The van der Waals surface area contributed by atoms with Crippen LogP contribution < -0.4 is 4.74 Å². The van der Waals surface area contributed by atoms with Crippen molar-refractivity contribution < 1.29 is 28.6 Å². The third-order valence-corrected chi connectivity index (χ3v) is 5.05. The fourth-order valence-corrected chi connectivity index (χ4v) is 3.48. The minimum atomic E-state index is -1.04. The average Bonchev–Trinajstić information content (AvgIpc) is 3.23. The van der Waals surface area contributed by atoms with Gasteiger partial charge >= 0.3 is 5.97 Å². The number of hydrogen-bond acceptors (Lipinski definition) is 5. The summed E-state index contributed by atoms with van der Waals surface area (Å²) < 4.78 is 25.4. The van der Waals surface area contributed by atoms with Crippen LogP contribution >= 0.6 is 0 Å². The molecule has 3 aromatic rings. The highest BCUT2D eigenvalue weighted by atomic mass is 19.1. The van der Waals surface area contributed by atoms with Gasteiger partial charge in [-0.1, -0.05) is 6.07 Å². The molecule has 0 spiro atoms. The van der Waals surface area contributed by atoms with Crippen molar-refractivity contribution in [1.82, 2.24) is 4.98 Å². The van der Waals surface area contributed by atoms with Crippen LogP contribution in [0.15, 0.2) is 53.3 Å². The number of oxazole rings is 1. The van der Waals surface area contributed by atoms with Gasteiger partial charge in [0, 0.05) is 5.56 Å². The molecule has 2 N–H and O–H groups in total. The molecule has 0 aliphatic heterocycles. The summed E-state index contributed by atoms with van der Waals surface area (Å²) in [7, 11) is 1.54. The van der Waals surface area contributed by atoms with Gasteiger partial charge in [0.25, 0.3) is 0 Å². The highest BCUT2D eigenvalue weighted by molar-refractivity contribution is 5.73. The van der Waals surface area contributed by atoms with Crippen molar-refractivity contribution in [3.63, 3.8) is 0 Å². The number of halogens is 1. The molecule has 0 fully saturated rings. The SMILES string of the molecule is COc1ccc(CCC(C)(C)O)cc1-c1cc(F)cc(C(CC(=O)O)c2ncco2)c1. The van der Waals surface area contributed by atoms with Crippen molar-refractivity contribution in [3.8, 4) is 16.9 Å². The molecule has 1 unspecified atom stereocenters. The number of benzene rings is 2. The van der Waals surface area contributed by atoms with Gasteiger partial charge in [-0.15, -0.1) is 0 Å². The second-order valence-corrected chi connectivity index (χ2v) is 8.14. The van der Waals surface area contributed by atoms with Crippen LogP contribution in [0.5, 0.6) is 5.75 Å². The van der Waals surface area contributed by atoms with E-state index < -0.39 is 23.3 Å². The molecule has 0 aliphatic rings. The van der Waals surface area contributed by atoms with Crippen LogP contribution in [0.4, 0.5) is 4.39 Å². The first kappa shape index (κ1) is 22.5. The summed E-state index contributed by atoms with van der Waals surface area (Å²) >= 11 is 0. The van der Waals surface area contributed by atoms with E-state index in [0.717, 1.165) is 5.56 Å². The zero-order chi connectivity index (χ0) is 22.6. The fourth-order valence-electron chi connectivity index (χ4n) is 3.48. The lowest BCUT2D eigenvalue weighted by Crippen LogP contribution is -2.19. The van der Waals surface area contributed by atoms with Gasteiger partial charge in [0.05, 0.1) is 31.2 Å². The number of methoxy groups -OCH3 is 1. The van der Waals surface area contributed by atoms with Crippen LogP contribution in [-0.4, -0.2) is 33.9 Å². The number of aromatic nitrogens is 1. The van der Waals surface area contributed by atoms with E-state index in [4.69, 9.17) is 9.15 Å². The minimum Gasteiger partial charge on any atom is -0.496 e. The molecule has 1 aromatic heterocycles. The normalized spacial score (nSPS) is 12.5. The van der Waals surface area contributed by atoms with E-state index in [1.165, 1.54) is 31.7 Å². The van der Waals surface area contributed by atoms with Gasteiger partial charge < -0.3 is 19.4 Å². The Bertz CT molecular complexity index is 1040. The minimum absolute atomic E-state index is 0.213. The summed E-state index contributed by atoms with van der Waals surface area (Å²) in [4.78, 5) is 15.5. The maximum absolute atomic E-state index is 14.6. The first-order valence-corrected chi connectivity index (χ1v) is 9.97. The summed E-state index contributed by atoms with van der Waals surface area (Å²) in [6.07, 6.45) is 3.71. The summed E-state index contributed by atoms with van der Waals surface area (Å²) in [5.74, 6) is -1.50. The number of aliphatic hydroxyl groups is 1. The number of carboxylic acid groups (broad SMARTS) is 1.